The molecule has 0 radical (unpaired) electrons. The lowest BCUT2D eigenvalue weighted by molar-refractivity contribution is -0.673. The molecule has 4 rings (SSSR count). The minimum atomic E-state index is -0.123. The predicted octanol–water partition coefficient (Wildman–Crippen LogP) is 4.83. The number of hydrogen-bond donors (Lipinski definition) is 2. The normalized spacial score (nSPS) is 11.0. The molecule has 0 fully saturated rings. The number of nitrogens with zero attached hydrogens (tertiary/aromatic N) is 4. The zero-order chi connectivity index (χ0) is 28.5. The summed E-state index contributed by atoms with van der Waals surface area (Å²) in [4.78, 5) is 26.6. The van der Waals surface area contributed by atoms with Gasteiger partial charge < -0.3 is 10.6 Å². The Balaban J connectivity index is 1.48. The van der Waals surface area contributed by atoms with Crippen LogP contribution < -0.4 is 19.8 Å². The Hall–Kier alpha value is -4.20. The van der Waals surface area contributed by atoms with Crippen molar-refractivity contribution in [2.45, 2.75) is 65.5 Å². The second kappa shape index (κ2) is 13.7. The Labute approximate surface area is 237 Å². The number of imidazole rings is 2. The Morgan fingerprint density at radius 2 is 1.07 bits per heavy atom. The highest BCUT2D eigenvalue weighted by atomic mass is 16.2. The average Bonchev–Trinajstić information content (AvgIpc) is 3.52. The maximum atomic E-state index is 13.3. The van der Waals surface area contributed by atoms with E-state index in [1.165, 1.54) is 0 Å². The molecule has 4 aromatic rings. The summed E-state index contributed by atoms with van der Waals surface area (Å²) >= 11 is 0. The van der Waals surface area contributed by atoms with Crippen molar-refractivity contribution in [2.24, 2.45) is 14.1 Å². The number of rotatable bonds is 13. The van der Waals surface area contributed by atoms with Crippen molar-refractivity contribution in [2.75, 3.05) is 10.6 Å². The molecule has 0 aliphatic heterocycles. The van der Waals surface area contributed by atoms with E-state index in [1.54, 1.807) is 0 Å². The van der Waals surface area contributed by atoms with Gasteiger partial charge in [-0.15, -0.1) is 0 Å². The van der Waals surface area contributed by atoms with Crippen molar-refractivity contribution in [3.8, 4) is 0 Å². The summed E-state index contributed by atoms with van der Waals surface area (Å²) in [5.74, 6) is 1.02. The van der Waals surface area contributed by atoms with Gasteiger partial charge in [0.25, 0.3) is 0 Å². The summed E-state index contributed by atoms with van der Waals surface area (Å²) in [7, 11) is 3.80. The molecule has 0 saturated heterocycles. The average molecular weight is 543 g/mol. The fourth-order valence-corrected chi connectivity index (χ4v) is 4.99. The summed E-state index contributed by atoms with van der Waals surface area (Å²) in [6.45, 7) is 5.92. The fraction of sp³-hybridized carbons (Fsp3) is 0.375. The molecule has 210 valence electrons. The van der Waals surface area contributed by atoms with Gasteiger partial charge in [-0.2, -0.15) is 0 Å². The van der Waals surface area contributed by atoms with E-state index in [4.69, 9.17) is 0 Å². The first-order valence-corrected chi connectivity index (χ1v) is 14.3. The van der Waals surface area contributed by atoms with Gasteiger partial charge in [-0.05, 0) is 48.9 Å². The Morgan fingerprint density at radius 3 is 1.48 bits per heavy atom. The van der Waals surface area contributed by atoms with Gasteiger partial charge in [0, 0.05) is 11.4 Å². The monoisotopic (exact) mass is 542 g/mol. The molecule has 2 aromatic heterocycles. The van der Waals surface area contributed by atoms with E-state index in [-0.39, 0.29) is 11.8 Å². The molecule has 8 nitrogen and oxygen atoms in total. The molecular formula is C32H42N6O2+2. The van der Waals surface area contributed by atoms with Gasteiger partial charge in [-0.25, -0.2) is 18.3 Å². The molecule has 0 spiro atoms. The second-order valence-corrected chi connectivity index (χ2v) is 10.3. The largest absolute Gasteiger partial charge is 0.348 e. The van der Waals surface area contributed by atoms with Crippen molar-refractivity contribution < 1.29 is 18.7 Å². The topological polar surface area (TPSA) is 75.8 Å². The molecule has 2 amide bonds. The van der Waals surface area contributed by atoms with Crippen LogP contribution in [0.2, 0.25) is 0 Å². The van der Waals surface area contributed by atoms with Gasteiger partial charge in [0.1, 0.15) is 24.8 Å². The third-order valence-electron chi connectivity index (χ3n) is 7.26. The minimum absolute atomic E-state index is 0.123. The van der Waals surface area contributed by atoms with Crippen LogP contribution in [0.1, 0.15) is 71.9 Å². The quantitative estimate of drug-likeness (QED) is 0.238. The Bertz CT molecular complexity index is 1340. The van der Waals surface area contributed by atoms with E-state index < -0.39 is 0 Å². The molecule has 0 atom stereocenters. The molecule has 0 saturated carbocycles. The highest BCUT2D eigenvalue weighted by Crippen LogP contribution is 2.22. The Morgan fingerprint density at radius 1 is 0.675 bits per heavy atom. The number of amides is 2. The van der Waals surface area contributed by atoms with Crippen LogP contribution in [0.4, 0.5) is 11.4 Å². The van der Waals surface area contributed by atoms with Gasteiger partial charge in [-0.1, -0.05) is 63.1 Å². The third-order valence-corrected chi connectivity index (χ3v) is 7.26. The van der Waals surface area contributed by atoms with Gasteiger partial charge in [0.2, 0.25) is 0 Å². The predicted molar refractivity (Wildman–Crippen MR) is 157 cm³/mol. The van der Waals surface area contributed by atoms with Crippen LogP contribution in [0, 0.1) is 0 Å². The number of aromatic nitrogens is 4. The molecule has 0 unspecified atom stereocenters. The highest BCUT2D eigenvalue weighted by molar-refractivity contribution is 6.02. The van der Waals surface area contributed by atoms with Crippen molar-refractivity contribution in [3.63, 3.8) is 0 Å². The number of carbonyl (C=O) groups is 2. The van der Waals surface area contributed by atoms with Crippen molar-refractivity contribution in [1.82, 2.24) is 9.13 Å². The van der Waals surface area contributed by atoms with E-state index in [0.717, 1.165) is 61.3 Å². The fourth-order valence-electron chi connectivity index (χ4n) is 4.99. The van der Waals surface area contributed by atoms with E-state index in [1.807, 2.05) is 106 Å². The number of aryl methyl sites for hydroxylation is 6. The first-order valence-electron chi connectivity index (χ1n) is 14.3. The standard InChI is InChI=1S/C32H40N6O2/c1-5-7-19-37-23-21-35(3)31(37)29(39)33-27-15-11-9-13-25(27)17-18-26-14-10-12-16-28(26)34-30(40)32-36(4)22-24-38(32)20-8-6-2/h9-16,21-24H,5-8,17-20H2,1-4H3/p+2. The molecule has 0 aliphatic carbocycles. The summed E-state index contributed by atoms with van der Waals surface area (Å²) in [6, 6.07) is 15.9. The lowest BCUT2D eigenvalue weighted by Crippen LogP contribution is -2.38. The molecule has 2 heterocycles. The van der Waals surface area contributed by atoms with Crippen LogP contribution in [0.15, 0.2) is 73.3 Å². The van der Waals surface area contributed by atoms with E-state index in [2.05, 4.69) is 24.5 Å². The summed E-state index contributed by atoms with van der Waals surface area (Å²) in [6.07, 6.45) is 13.4. The number of para-hydroxylation sites is 2. The van der Waals surface area contributed by atoms with Crippen molar-refractivity contribution in [1.29, 1.82) is 0 Å². The maximum absolute atomic E-state index is 13.3. The van der Waals surface area contributed by atoms with Gasteiger partial charge in [0.15, 0.2) is 0 Å². The van der Waals surface area contributed by atoms with E-state index in [9.17, 15) is 9.59 Å². The van der Waals surface area contributed by atoms with Crippen molar-refractivity contribution in [3.05, 3.63) is 96.1 Å². The summed E-state index contributed by atoms with van der Waals surface area (Å²) in [5.41, 5.74) is 3.70. The Kier molecular flexibility index (Phi) is 9.89. The summed E-state index contributed by atoms with van der Waals surface area (Å²) in [5, 5.41) is 6.29. The highest BCUT2D eigenvalue weighted by Gasteiger charge is 2.25. The van der Waals surface area contributed by atoms with Crippen LogP contribution in [0.3, 0.4) is 0 Å². The molecular weight excluding hydrogens is 500 g/mol. The van der Waals surface area contributed by atoms with Crippen LogP contribution in [-0.2, 0) is 40.0 Å². The number of benzene rings is 2. The number of anilines is 2. The first kappa shape index (κ1) is 28.8. The van der Waals surface area contributed by atoms with E-state index in [0.29, 0.717) is 24.5 Å². The third kappa shape index (κ3) is 6.86. The van der Waals surface area contributed by atoms with Crippen LogP contribution >= 0.6 is 0 Å². The summed E-state index contributed by atoms with van der Waals surface area (Å²) < 4.78 is 7.76. The van der Waals surface area contributed by atoms with Crippen LogP contribution in [0.25, 0.3) is 0 Å². The maximum Gasteiger partial charge on any atom is 0.348 e. The van der Waals surface area contributed by atoms with Crippen LogP contribution in [0.5, 0.6) is 0 Å². The van der Waals surface area contributed by atoms with E-state index >= 15 is 0 Å². The van der Waals surface area contributed by atoms with Gasteiger partial charge >= 0.3 is 23.5 Å². The smallest absolute Gasteiger partial charge is 0.315 e. The minimum Gasteiger partial charge on any atom is -0.315 e. The number of unbranched alkanes of at least 4 members (excludes halogenated alkanes) is 2. The molecule has 8 heteroatoms. The first-order chi connectivity index (χ1) is 19.4. The molecule has 0 aliphatic rings. The molecule has 2 N–H and O–H groups in total. The SMILES string of the molecule is CCCCn1cc[n+](C)c1C(=O)Nc1ccccc1CCc1ccccc1NC(=O)c1n(CCCC)cc[n+]1C. The number of hydrogen-bond acceptors (Lipinski definition) is 2. The molecule has 2 aromatic carbocycles. The number of nitrogens with one attached hydrogen (secondary N) is 2. The number of carbonyl (C=O) groups excluding carboxylic acids is 2. The lowest BCUT2D eigenvalue weighted by Gasteiger charge is -2.13. The van der Waals surface area contributed by atoms with Gasteiger partial charge in [-0.3, -0.25) is 9.59 Å². The van der Waals surface area contributed by atoms with Gasteiger partial charge in [0.05, 0.1) is 27.2 Å². The van der Waals surface area contributed by atoms with Crippen LogP contribution in [-0.4, -0.2) is 20.9 Å². The molecule has 0 bridgehead atoms. The second-order valence-electron chi connectivity index (χ2n) is 10.3. The zero-order valence-electron chi connectivity index (χ0n) is 24.2. The lowest BCUT2D eigenvalue weighted by atomic mass is 10.0. The zero-order valence-corrected chi connectivity index (χ0v) is 24.2. The van der Waals surface area contributed by atoms with Crippen molar-refractivity contribution >= 4 is 23.2 Å². The molecule has 40 heavy (non-hydrogen) atoms.